The molecule has 26 heavy (non-hydrogen) atoms. The van der Waals surface area contributed by atoms with E-state index in [-0.39, 0.29) is 6.54 Å². The minimum absolute atomic E-state index is 0.0191. The molecule has 0 aliphatic rings. The fraction of sp³-hybridized carbons (Fsp3) is 0.222. The van der Waals surface area contributed by atoms with Crippen molar-refractivity contribution in [3.63, 3.8) is 0 Å². The highest BCUT2D eigenvalue weighted by Gasteiger charge is 2.20. The minimum Gasteiger partial charge on any atom is -0.496 e. The molecule has 2 aromatic carbocycles. The van der Waals surface area contributed by atoms with Gasteiger partial charge in [0.1, 0.15) is 23.5 Å². The Morgan fingerprint density at radius 3 is 2.50 bits per heavy atom. The van der Waals surface area contributed by atoms with Crippen LogP contribution in [0.3, 0.4) is 0 Å². The fourth-order valence-electron chi connectivity index (χ4n) is 2.29. The number of hydrogen-bond donors (Lipinski definition) is 2. The molecule has 6 nitrogen and oxygen atoms in total. The molecule has 8 heteroatoms. The van der Waals surface area contributed by atoms with Crippen molar-refractivity contribution >= 4 is 17.5 Å². The summed E-state index contributed by atoms with van der Waals surface area (Å²) in [6.45, 7) is -0.0191. The molecule has 2 N–H and O–H groups in total. The second-order valence-corrected chi connectivity index (χ2v) is 5.25. The van der Waals surface area contributed by atoms with Crippen molar-refractivity contribution in [2.24, 2.45) is 0 Å². The average molecular weight is 364 g/mol. The van der Waals surface area contributed by atoms with Gasteiger partial charge in [0, 0.05) is 25.3 Å². The molecule has 0 bridgehead atoms. The summed E-state index contributed by atoms with van der Waals surface area (Å²) in [5.41, 5.74) is 0.271. The molecular weight excluding hydrogens is 346 g/mol. The zero-order valence-electron chi connectivity index (χ0n) is 14.2. The van der Waals surface area contributed by atoms with Gasteiger partial charge in [-0.15, -0.1) is 0 Å². The largest absolute Gasteiger partial charge is 0.496 e. The zero-order valence-corrected chi connectivity index (χ0v) is 14.2. The molecule has 2 rings (SSSR count). The van der Waals surface area contributed by atoms with Gasteiger partial charge in [-0.05, 0) is 18.2 Å². The summed E-state index contributed by atoms with van der Waals surface area (Å²) in [4.78, 5) is 23.8. The molecule has 0 aliphatic heterocycles. The van der Waals surface area contributed by atoms with Crippen LogP contribution in [0, 0.1) is 11.6 Å². The van der Waals surface area contributed by atoms with E-state index >= 15 is 0 Å². The number of halogens is 2. The van der Waals surface area contributed by atoms with Crippen molar-refractivity contribution in [3.8, 4) is 5.75 Å². The molecule has 0 saturated carbocycles. The Bertz CT molecular complexity index is 799. The maximum absolute atomic E-state index is 13.5. The maximum Gasteiger partial charge on any atom is 0.313 e. The first-order chi connectivity index (χ1) is 12.5. The lowest BCUT2D eigenvalue weighted by Crippen LogP contribution is -2.38. The fourth-order valence-corrected chi connectivity index (χ4v) is 2.29. The smallest absolute Gasteiger partial charge is 0.313 e. The summed E-state index contributed by atoms with van der Waals surface area (Å²) < 4.78 is 37.2. The van der Waals surface area contributed by atoms with Gasteiger partial charge in [0.25, 0.3) is 0 Å². The van der Waals surface area contributed by atoms with Gasteiger partial charge in [-0.25, -0.2) is 8.78 Å². The minimum atomic E-state index is -1.12. The molecule has 138 valence electrons. The molecule has 0 radical (unpaired) electrons. The summed E-state index contributed by atoms with van der Waals surface area (Å²) in [6, 6.07) is 9.62. The van der Waals surface area contributed by atoms with Crippen LogP contribution in [0.2, 0.25) is 0 Å². The van der Waals surface area contributed by atoms with Gasteiger partial charge in [-0.1, -0.05) is 18.2 Å². The van der Waals surface area contributed by atoms with Gasteiger partial charge < -0.3 is 20.1 Å². The third kappa shape index (κ3) is 4.76. The summed E-state index contributed by atoms with van der Waals surface area (Å²) in [7, 11) is 2.95. The molecule has 0 aromatic heterocycles. The number of carbonyl (C=O) groups excluding carboxylic acids is 2. The van der Waals surface area contributed by atoms with Crippen LogP contribution in [0.15, 0.2) is 42.5 Å². The predicted molar refractivity (Wildman–Crippen MR) is 90.7 cm³/mol. The van der Waals surface area contributed by atoms with E-state index in [1.807, 2.05) is 5.32 Å². The van der Waals surface area contributed by atoms with Gasteiger partial charge in [0.15, 0.2) is 0 Å². The Kier molecular flexibility index (Phi) is 6.62. The van der Waals surface area contributed by atoms with Crippen LogP contribution in [0.5, 0.6) is 5.75 Å². The predicted octanol–water partition coefficient (Wildman–Crippen LogP) is 2.42. The van der Waals surface area contributed by atoms with E-state index in [0.717, 1.165) is 18.2 Å². The lowest BCUT2D eigenvalue weighted by molar-refractivity contribution is -0.136. The molecule has 0 spiro atoms. The lowest BCUT2D eigenvalue weighted by Gasteiger charge is -2.19. The first kappa shape index (κ1) is 19.3. The van der Waals surface area contributed by atoms with Crippen molar-refractivity contribution in [1.29, 1.82) is 0 Å². The van der Waals surface area contributed by atoms with Gasteiger partial charge >= 0.3 is 11.8 Å². The average Bonchev–Trinajstić information content (AvgIpc) is 2.65. The molecule has 0 aliphatic carbocycles. The van der Waals surface area contributed by atoms with Gasteiger partial charge in [0.05, 0.1) is 12.8 Å². The first-order valence-corrected chi connectivity index (χ1v) is 7.66. The van der Waals surface area contributed by atoms with E-state index in [1.165, 1.54) is 14.2 Å². The number of amides is 2. The lowest BCUT2D eigenvalue weighted by atomic mass is 10.1. The Labute approximate surface area is 149 Å². The van der Waals surface area contributed by atoms with Crippen LogP contribution in [-0.2, 0) is 14.3 Å². The van der Waals surface area contributed by atoms with Crippen LogP contribution in [0.25, 0.3) is 0 Å². The van der Waals surface area contributed by atoms with E-state index in [0.29, 0.717) is 11.3 Å². The molecule has 0 heterocycles. The normalized spacial score (nSPS) is 11.5. The molecule has 2 amide bonds. The maximum atomic E-state index is 13.5. The summed E-state index contributed by atoms with van der Waals surface area (Å²) in [5.74, 6) is -3.15. The Hall–Kier alpha value is -3.00. The third-order valence-corrected chi connectivity index (χ3v) is 3.60. The monoisotopic (exact) mass is 364 g/mol. The van der Waals surface area contributed by atoms with Crippen molar-refractivity contribution in [3.05, 3.63) is 59.7 Å². The van der Waals surface area contributed by atoms with Crippen LogP contribution in [-0.4, -0.2) is 32.6 Å². The molecule has 0 fully saturated rings. The summed E-state index contributed by atoms with van der Waals surface area (Å²) in [5, 5.41) is 4.41. The Balaban J connectivity index is 2.00. The second-order valence-electron chi connectivity index (χ2n) is 5.25. The van der Waals surface area contributed by atoms with E-state index in [1.54, 1.807) is 24.3 Å². The second kappa shape index (κ2) is 8.91. The van der Waals surface area contributed by atoms with Crippen LogP contribution in [0.4, 0.5) is 14.5 Å². The van der Waals surface area contributed by atoms with Crippen LogP contribution in [0.1, 0.15) is 11.7 Å². The van der Waals surface area contributed by atoms with Gasteiger partial charge in [-0.2, -0.15) is 0 Å². The summed E-state index contributed by atoms with van der Waals surface area (Å²) >= 11 is 0. The Morgan fingerprint density at radius 1 is 1.08 bits per heavy atom. The molecule has 0 saturated heterocycles. The molecular formula is C18H18F2N2O4. The summed E-state index contributed by atoms with van der Waals surface area (Å²) in [6.07, 6.45) is -0.561. The van der Waals surface area contributed by atoms with Crippen molar-refractivity contribution in [2.75, 3.05) is 26.1 Å². The highest BCUT2D eigenvalue weighted by atomic mass is 19.1. The quantitative estimate of drug-likeness (QED) is 0.772. The number of ether oxygens (including phenoxy) is 2. The third-order valence-electron chi connectivity index (χ3n) is 3.60. The number of anilines is 1. The van der Waals surface area contributed by atoms with E-state index in [4.69, 9.17) is 9.47 Å². The van der Waals surface area contributed by atoms with Gasteiger partial charge in [0.2, 0.25) is 0 Å². The molecule has 2 aromatic rings. The SMILES string of the molecule is COc1ccccc1C(CNC(=O)C(=O)Nc1cc(F)ccc1F)OC. The van der Waals surface area contributed by atoms with E-state index in [9.17, 15) is 18.4 Å². The van der Waals surface area contributed by atoms with Gasteiger partial charge in [-0.3, -0.25) is 9.59 Å². The van der Waals surface area contributed by atoms with Crippen LogP contribution < -0.4 is 15.4 Å². The van der Waals surface area contributed by atoms with Crippen molar-refractivity contribution in [1.82, 2.24) is 5.32 Å². The number of para-hydroxylation sites is 1. The molecule has 1 atom stereocenters. The zero-order chi connectivity index (χ0) is 19.1. The highest BCUT2D eigenvalue weighted by molar-refractivity contribution is 6.39. The number of benzene rings is 2. The van der Waals surface area contributed by atoms with Crippen LogP contribution >= 0.6 is 0 Å². The number of carbonyl (C=O) groups is 2. The van der Waals surface area contributed by atoms with E-state index in [2.05, 4.69) is 5.32 Å². The number of hydrogen-bond acceptors (Lipinski definition) is 4. The molecule has 1 unspecified atom stereocenters. The first-order valence-electron chi connectivity index (χ1n) is 7.66. The standard InChI is InChI=1S/C18H18F2N2O4/c1-25-15-6-4-3-5-12(15)16(26-2)10-21-17(23)18(24)22-14-9-11(19)7-8-13(14)20/h3-9,16H,10H2,1-2H3,(H,21,23)(H,22,24). The number of methoxy groups -OCH3 is 2. The topological polar surface area (TPSA) is 76.7 Å². The number of nitrogens with one attached hydrogen (secondary N) is 2. The van der Waals surface area contributed by atoms with Crippen molar-refractivity contribution < 1.29 is 27.8 Å². The van der Waals surface area contributed by atoms with Crippen molar-refractivity contribution in [2.45, 2.75) is 6.10 Å². The Morgan fingerprint density at radius 2 is 1.81 bits per heavy atom. The highest BCUT2D eigenvalue weighted by Crippen LogP contribution is 2.26. The number of rotatable bonds is 6. The van der Waals surface area contributed by atoms with E-state index < -0.39 is 35.2 Å².